The molecule has 252 valence electrons. The number of nitrogens with two attached hydrogens (primary N) is 3. The number of H-pyrrole nitrogens is 1. The predicted octanol–water partition coefficient (Wildman–Crippen LogP) is 3.96. The van der Waals surface area contributed by atoms with Crippen molar-refractivity contribution >= 4 is 17.7 Å². The number of rotatable bonds is 12. The van der Waals surface area contributed by atoms with Gasteiger partial charge < -0.3 is 42.9 Å². The first kappa shape index (κ1) is 37.7. The number of carbonyl (C=O) groups is 1. The maximum atomic E-state index is 13.8. The number of halogens is 1. The van der Waals surface area contributed by atoms with E-state index in [1.807, 2.05) is 65.8 Å². The van der Waals surface area contributed by atoms with Crippen molar-refractivity contribution in [2.24, 2.45) is 22.2 Å². The Morgan fingerprint density at radius 1 is 1.04 bits per heavy atom. The van der Waals surface area contributed by atoms with Crippen LogP contribution in [0.3, 0.4) is 0 Å². The maximum Gasteiger partial charge on any atom is 0.319 e. The molecular weight excluding hydrogens is 589 g/mol. The van der Waals surface area contributed by atoms with E-state index >= 15 is 0 Å². The fourth-order valence-corrected chi connectivity index (χ4v) is 3.93. The van der Waals surface area contributed by atoms with E-state index in [1.165, 1.54) is 12.1 Å². The number of guanidine groups is 1. The molecule has 3 rings (SSSR count). The number of aromatic nitrogens is 2. The van der Waals surface area contributed by atoms with Crippen LogP contribution in [0.25, 0.3) is 11.1 Å². The molecule has 0 radical (unpaired) electrons. The maximum absolute atomic E-state index is 13.8. The quantitative estimate of drug-likeness (QED) is 0.0877. The second-order valence-corrected chi connectivity index (χ2v) is 12.7. The van der Waals surface area contributed by atoms with Gasteiger partial charge in [0.15, 0.2) is 11.8 Å². The Kier molecular flexibility index (Phi) is 14.6. The lowest BCUT2D eigenvalue weighted by Gasteiger charge is -2.21. The minimum Gasteiger partial charge on any atom is -0.491 e. The fourth-order valence-electron chi connectivity index (χ4n) is 3.93. The summed E-state index contributed by atoms with van der Waals surface area (Å²) in [6.07, 6.45) is 3.18. The average Bonchev–Trinajstić information content (AvgIpc) is 2.96. The molecule has 3 aromatic rings. The number of benzene rings is 2. The van der Waals surface area contributed by atoms with Crippen molar-refractivity contribution < 1.29 is 13.9 Å². The van der Waals surface area contributed by atoms with Crippen molar-refractivity contribution in [1.82, 2.24) is 20.6 Å². The Morgan fingerprint density at radius 3 is 2.33 bits per heavy atom. The zero-order valence-corrected chi connectivity index (χ0v) is 27.8. The van der Waals surface area contributed by atoms with Gasteiger partial charge in [0.05, 0.1) is 12.2 Å². The monoisotopic (exact) mass is 639 g/mol. The van der Waals surface area contributed by atoms with Crippen LogP contribution in [0.4, 0.5) is 14.9 Å². The van der Waals surface area contributed by atoms with Crippen LogP contribution in [0, 0.1) is 5.82 Å². The molecule has 1 heterocycles. The van der Waals surface area contributed by atoms with E-state index in [2.05, 4.69) is 30.9 Å². The summed E-state index contributed by atoms with van der Waals surface area (Å²) in [5.41, 5.74) is 17.8. The molecule has 1 aromatic heterocycles. The Labute approximate surface area is 270 Å². The van der Waals surface area contributed by atoms with Crippen molar-refractivity contribution in [3.8, 4) is 16.9 Å². The highest BCUT2D eigenvalue weighted by molar-refractivity contribution is 5.91. The second-order valence-electron chi connectivity index (χ2n) is 12.7. The van der Waals surface area contributed by atoms with Gasteiger partial charge >= 0.3 is 6.03 Å². The molecule has 0 fully saturated rings. The van der Waals surface area contributed by atoms with Crippen LogP contribution < -0.4 is 43.4 Å². The fraction of sp³-hybridized carbons (Fsp3) is 0.455. The summed E-state index contributed by atoms with van der Waals surface area (Å²) in [4.78, 5) is 35.4. The van der Waals surface area contributed by atoms with E-state index in [0.717, 1.165) is 30.6 Å². The zero-order chi connectivity index (χ0) is 34.3. The van der Waals surface area contributed by atoms with Gasteiger partial charge in [-0.15, -0.1) is 0 Å². The molecule has 0 spiro atoms. The van der Waals surface area contributed by atoms with Crippen LogP contribution >= 0.6 is 0 Å². The average molecular weight is 640 g/mol. The summed E-state index contributed by atoms with van der Waals surface area (Å²) in [6.45, 7) is 14.6. The number of aliphatic imine (C=N–C) groups is 1. The number of carbonyl (C=O) groups excluding carboxylic acids is 1. The molecule has 10 N–H and O–H groups in total. The van der Waals surface area contributed by atoms with Crippen LogP contribution in [0.2, 0.25) is 0 Å². The van der Waals surface area contributed by atoms with Crippen LogP contribution in [0.15, 0.2) is 58.4 Å². The summed E-state index contributed by atoms with van der Waals surface area (Å²) in [7, 11) is 0. The van der Waals surface area contributed by atoms with Gasteiger partial charge in [-0.1, -0.05) is 51.1 Å². The summed E-state index contributed by atoms with van der Waals surface area (Å²) in [6, 6.07) is 11.8. The smallest absolute Gasteiger partial charge is 0.319 e. The van der Waals surface area contributed by atoms with Crippen molar-refractivity contribution in [2.45, 2.75) is 71.9 Å². The number of nitrogens with one attached hydrogen (secondary N) is 4. The number of amides is 2. The van der Waals surface area contributed by atoms with Gasteiger partial charge in [-0.25, -0.2) is 14.2 Å². The Balaban J connectivity index is 0.000000332. The third-order valence-electron chi connectivity index (χ3n) is 6.22. The molecule has 13 heteroatoms. The minimum absolute atomic E-state index is 0.0336. The molecule has 2 aromatic carbocycles. The molecule has 12 nitrogen and oxygen atoms in total. The van der Waals surface area contributed by atoms with Gasteiger partial charge in [0, 0.05) is 30.2 Å². The highest BCUT2D eigenvalue weighted by atomic mass is 19.1. The topological polar surface area (TPSA) is 199 Å². The molecule has 0 aliphatic rings. The zero-order valence-electron chi connectivity index (χ0n) is 27.8. The number of nitrogens with zero attached hydrogens (tertiary/aromatic N) is 2. The van der Waals surface area contributed by atoms with E-state index in [-0.39, 0.29) is 22.6 Å². The molecule has 2 amide bonds. The Morgan fingerprint density at radius 2 is 1.74 bits per heavy atom. The standard InChI is InChI=1S/C19H28N6O.C14H22FN3O2/c1-19(2,3)17-24-12-15(16(26)25-17)14-7-5-13(6-8-14)11-22-9-4-10-23-18(20)21;1-14(2,3)18-13(19)17-12-10(15)6-4-7-11(12)20-9-5-8-16/h5-8,12,22H,4,9-11H2,1-3H3,(H4,20,21,23)(H,24,25,26);4,6-7H,5,8-9,16H2,1-3H3,(H2,17,18,19). The highest BCUT2D eigenvalue weighted by Gasteiger charge is 2.18. The summed E-state index contributed by atoms with van der Waals surface area (Å²) in [5.74, 6) is 0.565. The van der Waals surface area contributed by atoms with Crippen molar-refractivity contribution in [1.29, 1.82) is 0 Å². The van der Waals surface area contributed by atoms with Gasteiger partial charge in [-0.2, -0.15) is 0 Å². The van der Waals surface area contributed by atoms with Crippen molar-refractivity contribution in [2.75, 3.05) is 31.6 Å². The summed E-state index contributed by atoms with van der Waals surface area (Å²) < 4.78 is 19.2. The first-order valence-electron chi connectivity index (χ1n) is 15.3. The Hall–Kier alpha value is -4.49. The van der Waals surface area contributed by atoms with Crippen LogP contribution in [0.1, 0.15) is 65.8 Å². The minimum atomic E-state index is -0.542. The SMILES string of the molecule is CC(C)(C)NC(=O)Nc1c(F)cccc1OCCCN.CC(C)(C)c1ncc(-c2ccc(CNCCCN=C(N)N)cc2)c(=O)[nH]1. The van der Waals surface area contributed by atoms with Crippen LogP contribution in [-0.2, 0) is 12.0 Å². The largest absolute Gasteiger partial charge is 0.491 e. The van der Waals surface area contributed by atoms with Gasteiger partial charge in [0.1, 0.15) is 17.3 Å². The summed E-state index contributed by atoms with van der Waals surface area (Å²) in [5, 5.41) is 8.52. The lowest BCUT2D eigenvalue weighted by Crippen LogP contribution is -2.43. The molecule has 0 saturated heterocycles. The molecule has 46 heavy (non-hydrogen) atoms. The number of hydrogen-bond acceptors (Lipinski definition) is 7. The number of anilines is 1. The second kappa shape index (κ2) is 17.9. The van der Waals surface area contributed by atoms with Gasteiger partial charge in [-0.05, 0) is 70.0 Å². The number of aromatic amines is 1. The lowest BCUT2D eigenvalue weighted by atomic mass is 9.95. The van der Waals surface area contributed by atoms with E-state index < -0.39 is 17.4 Å². The Bertz CT molecular complexity index is 1470. The van der Waals surface area contributed by atoms with E-state index in [1.54, 1.807) is 12.3 Å². The van der Waals surface area contributed by atoms with Crippen molar-refractivity contribution in [3.05, 3.63) is 76.2 Å². The van der Waals surface area contributed by atoms with Crippen LogP contribution in [0.5, 0.6) is 5.75 Å². The molecule has 0 aliphatic heterocycles. The van der Waals surface area contributed by atoms with Crippen LogP contribution in [-0.4, -0.2) is 53.7 Å². The predicted molar refractivity (Wildman–Crippen MR) is 183 cm³/mol. The number of para-hydroxylation sites is 1. The normalized spacial score (nSPS) is 11.2. The third kappa shape index (κ3) is 13.7. The molecule has 0 atom stereocenters. The molecule has 0 aliphatic carbocycles. The van der Waals surface area contributed by atoms with Gasteiger partial charge in [0.25, 0.3) is 5.56 Å². The van der Waals surface area contributed by atoms with E-state index in [0.29, 0.717) is 43.3 Å². The van der Waals surface area contributed by atoms with E-state index in [4.69, 9.17) is 21.9 Å². The highest BCUT2D eigenvalue weighted by Crippen LogP contribution is 2.27. The number of urea groups is 1. The first-order chi connectivity index (χ1) is 21.6. The first-order valence-corrected chi connectivity index (χ1v) is 15.3. The van der Waals surface area contributed by atoms with Crippen molar-refractivity contribution in [3.63, 3.8) is 0 Å². The number of ether oxygens (including phenoxy) is 1. The number of hydrogen-bond donors (Lipinski definition) is 7. The molecule has 0 saturated carbocycles. The van der Waals surface area contributed by atoms with Gasteiger partial charge in [-0.3, -0.25) is 9.79 Å². The molecule has 0 unspecified atom stereocenters. The summed E-state index contributed by atoms with van der Waals surface area (Å²) >= 11 is 0. The van der Waals surface area contributed by atoms with E-state index in [9.17, 15) is 14.0 Å². The third-order valence-corrected chi connectivity index (χ3v) is 6.22. The molecular formula is C33H50FN9O3. The van der Waals surface area contributed by atoms with Gasteiger partial charge in [0.2, 0.25) is 0 Å². The lowest BCUT2D eigenvalue weighted by molar-refractivity contribution is 0.243. The molecule has 0 bridgehead atoms.